The molecule has 81 heavy (non-hydrogen) atoms. The van der Waals surface area contributed by atoms with E-state index in [2.05, 4.69) is 34.1 Å². The number of carbonyl (C=O) groups excluding carboxylic acids is 4. The van der Waals surface area contributed by atoms with Gasteiger partial charge in [-0.15, -0.1) is 0 Å². The minimum Gasteiger partial charge on any atom is -0.506 e. The summed E-state index contributed by atoms with van der Waals surface area (Å²) in [5.74, 6) is -0.0775. The van der Waals surface area contributed by atoms with Crippen molar-refractivity contribution in [3.8, 4) is 11.5 Å². The summed E-state index contributed by atoms with van der Waals surface area (Å²) in [5.41, 5.74) is 0.853. The number of hydrogen-bond donors (Lipinski definition) is 4. The minimum absolute atomic E-state index is 0. The van der Waals surface area contributed by atoms with Crippen LogP contribution in [0.4, 0.5) is 4.79 Å². The molecule has 9 rings (SSSR count). The predicted octanol–water partition coefficient (Wildman–Crippen LogP) is 8.72. The number of pyridine rings is 1. The molecule has 1 aromatic heterocycles. The van der Waals surface area contributed by atoms with E-state index >= 15 is 0 Å². The van der Waals surface area contributed by atoms with Crippen molar-refractivity contribution in [3.05, 3.63) is 177 Å². The van der Waals surface area contributed by atoms with Crippen LogP contribution < -0.4 is 10.3 Å². The second-order valence-corrected chi connectivity index (χ2v) is 22.7. The average Bonchev–Trinajstić information content (AvgIpc) is 3.47. The Morgan fingerprint density at radius 2 is 1.33 bits per heavy atom. The number of aromatic hydroxyl groups is 1. The van der Waals surface area contributed by atoms with Crippen molar-refractivity contribution in [2.75, 3.05) is 65.6 Å². The Labute approximate surface area is 481 Å². The lowest BCUT2D eigenvalue weighted by atomic mass is 9.86. The molecular weight excluding hydrogens is 1050 g/mol. The largest absolute Gasteiger partial charge is 0.506 e. The Balaban J connectivity index is 0.00000860. The smallest absolute Gasteiger partial charge is 0.410 e. The number of piperidine rings is 3. The fourth-order valence-electron chi connectivity index (χ4n) is 11.2. The molecule has 0 radical (unpaired) electrons. The third kappa shape index (κ3) is 15.2. The number of esters is 1. The van der Waals surface area contributed by atoms with Crippen molar-refractivity contribution < 1.29 is 48.7 Å². The molecule has 4 N–H and O–H groups in total. The monoisotopic (exact) mass is 1120 g/mol. The Hall–Kier alpha value is -7.18. The summed E-state index contributed by atoms with van der Waals surface area (Å²) in [7, 11) is 0. The standard InChI is InChI=1S/C64H75N5O11.H2S/c1-63(2,3)80-62(76)69(41-56(71)53-21-23-55(70)58-54(53)22-24-57(72)65-58)36-27-44-17-19-48(20-18-44)59(73)68-37-30-49(31-38-68)60(74)67-34-28-47(29-35-67)42-78-52-16-10-15-51(39-52)64(77,50-13-8-5-9-14-50)61(75)79-43-46-25-32-66(33-26-46)40-45-11-6-4-7-12-45;/h4-24,39,46-47,49,56,70-71,77H,25-38,40-43H2,1-3H3,(H,65,72);1H2/t56-,64-;/m0./s1. The number of fused-ring (bicyclic) bond motifs is 1. The van der Waals surface area contributed by atoms with Crippen LogP contribution in [0, 0.1) is 17.8 Å². The Morgan fingerprint density at radius 1 is 0.704 bits per heavy atom. The number of phenols is 1. The number of hydrogen-bond acceptors (Lipinski definition) is 12. The highest BCUT2D eigenvalue weighted by Gasteiger charge is 2.43. The summed E-state index contributed by atoms with van der Waals surface area (Å²) in [5, 5.41) is 34.5. The molecule has 5 aromatic carbocycles. The van der Waals surface area contributed by atoms with E-state index in [0.29, 0.717) is 85.4 Å². The number of aromatic nitrogens is 1. The summed E-state index contributed by atoms with van der Waals surface area (Å²) in [6.07, 6.45) is 3.13. The van der Waals surface area contributed by atoms with Crippen molar-refractivity contribution in [1.82, 2.24) is 24.6 Å². The molecule has 430 valence electrons. The first-order valence-corrected chi connectivity index (χ1v) is 28.1. The zero-order valence-corrected chi connectivity index (χ0v) is 47.6. The zero-order chi connectivity index (χ0) is 56.4. The Kier molecular flexibility index (Phi) is 20.0. The fraction of sp³-hybridized carbons (Fsp3) is 0.422. The molecule has 0 unspecified atom stereocenters. The van der Waals surface area contributed by atoms with Crippen LogP contribution in [-0.2, 0) is 37.6 Å². The van der Waals surface area contributed by atoms with Gasteiger partial charge in [0, 0.05) is 67.8 Å². The third-order valence-electron chi connectivity index (χ3n) is 15.9. The number of aromatic amines is 1. The molecule has 17 heteroatoms. The van der Waals surface area contributed by atoms with Gasteiger partial charge in [0.15, 0.2) is 0 Å². The number of phenolic OH excluding ortho intramolecular Hbond substituents is 1. The maximum Gasteiger partial charge on any atom is 0.410 e. The van der Waals surface area contributed by atoms with Crippen LogP contribution in [0.1, 0.15) is 104 Å². The second-order valence-electron chi connectivity index (χ2n) is 22.7. The molecule has 3 aliphatic rings. The highest BCUT2D eigenvalue weighted by atomic mass is 32.1. The summed E-state index contributed by atoms with van der Waals surface area (Å²) in [6.45, 7) is 10.9. The molecule has 3 aliphatic heterocycles. The first-order valence-electron chi connectivity index (χ1n) is 28.1. The molecule has 2 atom stereocenters. The molecule has 3 saturated heterocycles. The number of rotatable bonds is 18. The molecule has 4 heterocycles. The van der Waals surface area contributed by atoms with Crippen LogP contribution in [0.2, 0.25) is 0 Å². The number of nitrogens with zero attached hydrogens (tertiary/aromatic N) is 4. The van der Waals surface area contributed by atoms with Gasteiger partial charge in [-0.25, -0.2) is 9.59 Å². The number of nitrogens with one attached hydrogen (secondary N) is 1. The topological polar surface area (TPSA) is 202 Å². The quantitative estimate of drug-likeness (QED) is 0.0598. The van der Waals surface area contributed by atoms with Gasteiger partial charge in [-0.1, -0.05) is 91.0 Å². The molecule has 3 fully saturated rings. The van der Waals surface area contributed by atoms with Gasteiger partial charge >= 0.3 is 12.1 Å². The van der Waals surface area contributed by atoms with E-state index < -0.39 is 34.9 Å². The van der Waals surface area contributed by atoms with E-state index in [-0.39, 0.29) is 74.0 Å². The van der Waals surface area contributed by atoms with Gasteiger partial charge in [0.25, 0.3) is 5.91 Å². The number of H-pyrrole nitrogens is 1. The van der Waals surface area contributed by atoms with E-state index in [1.54, 1.807) is 86.3 Å². The second kappa shape index (κ2) is 27.1. The first kappa shape index (κ1) is 59.9. The van der Waals surface area contributed by atoms with E-state index in [1.807, 2.05) is 35.2 Å². The molecule has 3 amide bonds. The van der Waals surface area contributed by atoms with Gasteiger partial charge in [-0.3, -0.25) is 19.3 Å². The molecular formula is C64H77N5O11S. The normalized spacial score (nSPS) is 16.9. The van der Waals surface area contributed by atoms with Gasteiger partial charge in [0.05, 0.1) is 31.4 Å². The van der Waals surface area contributed by atoms with Crippen LogP contribution in [0.3, 0.4) is 0 Å². The SMILES string of the molecule is CC(C)(C)OC(=O)N(CCc1ccc(C(=O)N2CCC(C(=O)N3CCC(COc4cccc([C@](O)(C(=O)OCC5CCN(Cc6ccccc6)CC5)c5ccccc5)c4)CC3)CC2)cc1)C[C@H](O)c1ccc(O)c2[nH]c(=O)ccc12.S. The summed E-state index contributed by atoms with van der Waals surface area (Å²) < 4.78 is 18.0. The molecule has 0 saturated carbocycles. The first-order chi connectivity index (χ1) is 38.5. The van der Waals surface area contributed by atoms with E-state index in [0.717, 1.165) is 50.9 Å². The number of aliphatic hydroxyl groups is 2. The maximum atomic E-state index is 14.0. The molecule has 0 aliphatic carbocycles. The maximum absolute atomic E-state index is 14.0. The number of ether oxygens (including phenoxy) is 3. The molecule has 0 spiro atoms. The number of carbonyl (C=O) groups is 4. The van der Waals surface area contributed by atoms with Crippen molar-refractivity contribution >= 4 is 48.3 Å². The zero-order valence-electron chi connectivity index (χ0n) is 46.6. The molecule has 6 aromatic rings. The number of benzene rings is 5. The van der Waals surface area contributed by atoms with Crippen molar-refractivity contribution in [1.29, 1.82) is 0 Å². The van der Waals surface area contributed by atoms with Gasteiger partial charge < -0.3 is 49.2 Å². The highest BCUT2D eigenvalue weighted by molar-refractivity contribution is 7.59. The molecule has 16 nitrogen and oxygen atoms in total. The predicted molar refractivity (Wildman–Crippen MR) is 314 cm³/mol. The lowest BCUT2D eigenvalue weighted by Gasteiger charge is -2.37. The van der Waals surface area contributed by atoms with Crippen molar-refractivity contribution in [3.63, 3.8) is 0 Å². The minimum atomic E-state index is -2.04. The van der Waals surface area contributed by atoms with Gasteiger partial charge in [0.2, 0.25) is 17.1 Å². The fourth-order valence-corrected chi connectivity index (χ4v) is 11.2. The number of likely N-dealkylation sites (tertiary alicyclic amines) is 3. The highest BCUT2D eigenvalue weighted by Crippen LogP contribution is 2.35. The van der Waals surface area contributed by atoms with Crippen LogP contribution in [0.5, 0.6) is 11.5 Å². The van der Waals surface area contributed by atoms with Crippen LogP contribution in [0.25, 0.3) is 10.9 Å². The van der Waals surface area contributed by atoms with Crippen LogP contribution in [-0.4, -0.2) is 135 Å². The lowest BCUT2D eigenvalue weighted by molar-refractivity contribution is -0.164. The van der Waals surface area contributed by atoms with Crippen LogP contribution >= 0.6 is 13.5 Å². The number of amides is 3. The summed E-state index contributed by atoms with van der Waals surface area (Å²) in [6, 6.07) is 39.4. The van der Waals surface area contributed by atoms with E-state index in [1.165, 1.54) is 28.7 Å². The Morgan fingerprint density at radius 3 is 2.01 bits per heavy atom. The van der Waals surface area contributed by atoms with Gasteiger partial charge in [-0.05, 0) is 149 Å². The van der Waals surface area contributed by atoms with E-state index in [4.69, 9.17) is 14.2 Å². The van der Waals surface area contributed by atoms with Crippen LogP contribution in [0.15, 0.2) is 138 Å². The molecule has 0 bridgehead atoms. The van der Waals surface area contributed by atoms with Crippen molar-refractivity contribution in [2.45, 2.75) is 89.6 Å². The third-order valence-corrected chi connectivity index (χ3v) is 15.9. The number of aliphatic hydroxyl groups excluding tert-OH is 1. The summed E-state index contributed by atoms with van der Waals surface area (Å²) >= 11 is 0. The average molecular weight is 1120 g/mol. The van der Waals surface area contributed by atoms with Crippen molar-refractivity contribution in [2.24, 2.45) is 17.8 Å². The van der Waals surface area contributed by atoms with Gasteiger partial charge in [-0.2, -0.15) is 13.5 Å². The Bertz CT molecular complexity index is 3130. The lowest BCUT2D eigenvalue weighted by Crippen LogP contribution is -2.47. The van der Waals surface area contributed by atoms with Gasteiger partial charge in [0.1, 0.15) is 17.1 Å². The van der Waals surface area contributed by atoms with E-state index in [9.17, 15) is 39.3 Å². The summed E-state index contributed by atoms with van der Waals surface area (Å²) in [4.78, 5) is 77.1.